The first-order chi connectivity index (χ1) is 10.3. The second-order valence-electron chi connectivity index (χ2n) is 5.16. The first-order valence-corrected chi connectivity index (χ1v) is 6.67. The fraction of sp³-hybridized carbons (Fsp3) is 0.333. The number of carbonyl (C=O) groups excluding carboxylic acids is 3. The van der Waals surface area contributed by atoms with E-state index < -0.39 is 29.2 Å². The van der Waals surface area contributed by atoms with Gasteiger partial charge in [-0.3, -0.25) is 14.4 Å². The highest BCUT2D eigenvalue weighted by atomic mass is 16.6. The Labute approximate surface area is 126 Å². The van der Waals surface area contributed by atoms with Crippen LogP contribution in [0, 0.1) is 5.92 Å². The summed E-state index contributed by atoms with van der Waals surface area (Å²) in [4.78, 5) is 40.2. The molecule has 2 rings (SSSR count). The fourth-order valence-corrected chi connectivity index (χ4v) is 2.31. The van der Waals surface area contributed by atoms with Crippen LogP contribution < -0.4 is 5.73 Å². The minimum Gasteiger partial charge on any atom is -0.446 e. The van der Waals surface area contributed by atoms with Gasteiger partial charge in [0.2, 0.25) is 5.71 Å². The molecule has 0 aromatic carbocycles. The van der Waals surface area contributed by atoms with Gasteiger partial charge in [0.25, 0.3) is 11.5 Å². The normalized spacial score (nSPS) is 13.8. The van der Waals surface area contributed by atoms with E-state index >= 15 is 0 Å². The van der Waals surface area contributed by atoms with Crippen LogP contribution in [0.3, 0.4) is 0 Å². The molecule has 116 valence electrons. The molecule has 2 N–H and O–H groups in total. The van der Waals surface area contributed by atoms with Gasteiger partial charge >= 0.3 is 5.97 Å². The topological polar surface area (TPSA) is 112 Å². The van der Waals surface area contributed by atoms with Crippen molar-refractivity contribution in [1.29, 1.82) is 0 Å². The molecular formula is C15H16N2O5. The Balaban J connectivity index is 2.79. The van der Waals surface area contributed by atoms with E-state index in [4.69, 9.17) is 14.9 Å². The number of ketones is 1. The third-order valence-corrected chi connectivity index (χ3v) is 3.24. The molecule has 22 heavy (non-hydrogen) atoms. The number of furan rings is 1. The first kappa shape index (κ1) is 15.7. The number of nitrogens with zero attached hydrogens (tertiary/aromatic N) is 1. The summed E-state index contributed by atoms with van der Waals surface area (Å²) in [6.45, 7) is 4.28. The predicted molar refractivity (Wildman–Crippen MR) is 76.5 cm³/mol. The summed E-state index contributed by atoms with van der Waals surface area (Å²) in [7, 11) is 0. The van der Waals surface area contributed by atoms with E-state index in [-0.39, 0.29) is 11.3 Å². The van der Waals surface area contributed by atoms with Crippen LogP contribution in [0.4, 0.5) is 0 Å². The molecule has 0 fully saturated rings. The summed E-state index contributed by atoms with van der Waals surface area (Å²) in [6.07, 6.45) is 2.67. The van der Waals surface area contributed by atoms with Crippen molar-refractivity contribution in [2.45, 2.75) is 26.4 Å². The molecule has 2 aromatic rings. The van der Waals surface area contributed by atoms with E-state index in [1.807, 2.05) is 0 Å². The molecule has 1 unspecified atom stereocenters. The highest BCUT2D eigenvalue weighted by molar-refractivity contribution is 6.13. The Hall–Kier alpha value is -2.70. The third-order valence-electron chi connectivity index (χ3n) is 3.24. The quantitative estimate of drug-likeness (QED) is 0.658. The van der Waals surface area contributed by atoms with Crippen LogP contribution in [-0.4, -0.2) is 22.6 Å². The number of esters is 1. The number of amides is 1. The molecule has 2 aromatic heterocycles. The molecule has 0 spiro atoms. The summed E-state index contributed by atoms with van der Waals surface area (Å²) in [5.74, 6) is -3.09. The van der Waals surface area contributed by atoms with Crippen LogP contribution in [0.15, 0.2) is 29.0 Å². The maximum atomic E-state index is 12.6. The number of aromatic nitrogens is 1. The number of nitrogens with two attached hydrogens (primary N) is 1. The zero-order valence-corrected chi connectivity index (χ0v) is 12.5. The number of rotatable bonds is 5. The number of Topliss-reactive ketones (excluding diaryl/α,β-unsaturated/α-hetero) is 1. The van der Waals surface area contributed by atoms with Gasteiger partial charge in [-0.15, -0.1) is 0 Å². The van der Waals surface area contributed by atoms with E-state index in [9.17, 15) is 14.4 Å². The minimum atomic E-state index is -2.23. The zero-order valence-electron chi connectivity index (χ0n) is 12.5. The lowest BCUT2D eigenvalue weighted by molar-refractivity contribution is -0.174. The molecule has 0 radical (unpaired) electrons. The van der Waals surface area contributed by atoms with Crippen LogP contribution >= 0.6 is 0 Å². The van der Waals surface area contributed by atoms with E-state index in [2.05, 4.69) is 4.98 Å². The minimum absolute atomic E-state index is 0.0806. The molecule has 2 heterocycles. The van der Waals surface area contributed by atoms with Gasteiger partial charge in [-0.1, -0.05) is 13.8 Å². The van der Waals surface area contributed by atoms with Gasteiger partial charge in [0.1, 0.15) is 6.26 Å². The van der Waals surface area contributed by atoms with E-state index in [0.717, 1.165) is 6.92 Å². The Morgan fingerprint density at radius 3 is 2.59 bits per heavy atom. The molecule has 0 aliphatic rings. The number of hydrogen-bond acceptors (Lipinski definition) is 6. The molecule has 1 amide bonds. The third kappa shape index (κ3) is 2.34. The zero-order chi connectivity index (χ0) is 16.5. The summed E-state index contributed by atoms with van der Waals surface area (Å²) in [5, 5.41) is 0.386. The number of primary amides is 1. The monoisotopic (exact) mass is 304 g/mol. The average molecular weight is 304 g/mol. The summed E-state index contributed by atoms with van der Waals surface area (Å²) >= 11 is 0. The van der Waals surface area contributed by atoms with Crippen LogP contribution in [-0.2, 0) is 24.7 Å². The molecule has 1 atom stereocenters. The van der Waals surface area contributed by atoms with Gasteiger partial charge in [-0.05, 0) is 12.1 Å². The largest absolute Gasteiger partial charge is 0.446 e. The lowest BCUT2D eigenvalue weighted by Gasteiger charge is -2.29. The molecule has 0 aliphatic heterocycles. The SMILES string of the molecule is CC(=O)OC(C(N)=O)(C(=O)C(C)C)c1coc2ncccc12. The highest BCUT2D eigenvalue weighted by Gasteiger charge is 2.52. The number of pyridine rings is 1. The van der Waals surface area contributed by atoms with Crippen molar-refractivity contribution < 1.29 is 23.5 Å². The Morgan fingerprint density at radius 1 is 1.36 bits per heavy atom. The number of carbonyl (C=O) groups is 3. The average Bonchev–Trinajstić information content (AvgIpc) is 2.87. The van der Waals surface area contributed by atoms with Gasteiger partial charge < -0.3 is 14.9 Å². The number of hydrogen-bond donors (Lipinski definition) is 1. The van der Waals surface area contributed by atoms with Gasteiger partial charge in [-0.2, -0.15) is 0 Å². The Kier molecular flexibility index (Phi) is 3.99. The molecule has 7 nitrogen and oxygen atoms in total. The van der Waals surface area contributed by atoms with Crippen molar-refractivity contribution in [2.75, 3.05) is 0 Å². The first-order valence-electron chi connectivity index (χ1n) is 6.67. The second-order valence-corrected chi connectivity index (χ2v) is 5.16. The molecule has 0 saturated heterocycles. The van der Waals surface area contributed by atoms with Crippen molar-refractivity contribution in [1.82, 2.24) is 4.98 Å². The smallest absolute Gasteiger partial charge is 0.304 e. The maximum absolute atomic E-state index is 12.6. The van der Waals surface area contributed by atoms with Crippen molar-refractivity contribution in [2.24, 2.45) is 11.7 Å². The summed E-state index contributed by atoms with van der Waals surface area (Å²) in [6, 6.07) is 3.22. The van der Waals surface area contributed by atoms with Crippen molar-refractivity contribution >= 4 is 28.8 Å². The van der Waals surface area contributed by atoms with Gasteiger partial charge in [0, 0.05) is 24.4 Å². The van der Waals surface area contributed by atoms with Crippen LogP contribution in [0.1, 0.15) is 26.3 Å². The standard InChI is InChI=1S/C15H16N2O5/c1-8(2)12(19)15(14(16)20,22-9(3)18)11-7-21-13-10(11)5-4-6-17-13/h4-8H,1-3H3,(H2,16,20). The van der Waals surface area contributed by atoms with Gasteiger partial charge in [0.05, 0.1) is 5.56 Å². The van der Waals surface area contributed by atoms with Gasteiger partial charge in [-0.25, -0.2) is 4.98 Å². The predicted octanol–water partition coefficient (Wildman–Crippen LogP) is 1.30. The van der Waals surface area contributed by atoms with Crippen LogP contribution in [0.2, 0.25) is 0 Å². The maximum Gasteiger partial charge on any atom is 0.304 e. The van der Waals surface area contributed by atoms with Gasteiger partial charge in [0.15, 0.2) is 5.78 Å². The van der Waals surface area contributed by atoms with Crippen LogP contribution in [0.25, 0.3) is 11.1 Å². The lowest BCUT2D eigenvalue weighted by atomic mass is 9.83. The van der Waals surface area contributed by atoms with Crippen LogP contribution in [0.5, 0.6) is 0 Å². The van der Waals surface area contributed by atoms with Crippen molar-refractivity contribution in [3.8, 4) is 0 Å². The Morgan fingerprint density at radius 2 is 2.05 bits per heavy atom. The molecule has 0 bridgehead atoms. The highest BCUT2D eigenvalue weighted by Crippen LogP contribution is 2.35. The van der Waals surface area contributed by atoms with E-state index in [1.54, 1.807) is 26.0 Å². The summed E-state index contributed by atoms with van der Waals surface area (Å²) < 4.78 is 10.4. The summed E-state index contributed by atoms with van der Waals surface area (Å²) in [5.41, 5.74) is 3.51. The number of fused-ring (bicyclic) bond motifs is 1. The van der Waals surface area contributed by atoms with E-state index in [1.165, 1.54) is 12.5 Å². The van der Waals surface area contributed by atoms with E-state index in [0.29, 0.717) is 5.39 Å². The molecule has 7 heteroatoms. The molecular weight excluding hydrogens is 288 g/mol. The fourth-order valence-electron chi connectivity index (χ4n) is 2.31. The molecule has 0 saturated carbocycles. The molecule has 0 aliphatic carbocycles. The van der Waals surface area contributed by atoms with Crippen molar-refractivity contribution in [3.63, 3.8) is 0 Å². The lowest BCUT2D eigenvalue weighted by Crippen LogP contribution is -2.52. The Bertz CT molecular complexity index is 749. The number of ether oxygens (including phenoxy) is 1. The second kappa shape index (κ2) is 5.59. The van der Waals surface area contributed by atoms with Crippen molar-refractivity contribution in [3.05, 3.63) is 30.2 Å².